The third-order valence-corrected chi connectivity index (χ3v) is 12.6. The van der Waals surface area contributed by atoms with Crippen molar-refractivity contribution in [2.24, 2.45) is 0 Å². The molecule has 3 N–H and O–H groups in total. The van der Waals surface area contributed by atoms with Gasteiger partial charge in [-0.1, -0.05) is 236 Å². The van der Waals surface area contributed by atoms with E-state index in [-0.39, 0.29) is 25.9 Å². The van der Waals surface area contributed by atoms with Crippen molar-refractivity contribution >= 4 is 23.9 Å². The molecule has 1 fully saturated rings. The Bertz CT molecular complexity index is 1470. The number of aliphatic hydroxyl groups excluding tert-OH is 2. The number of unbranched alkanes of at least 4 members (excludes halogenated alkanes) is 24. The van der Waals surface area contributed by atoms with Gasteiger partial charge in [-0.15, -0.1) is 0 Å². The summed E-state index contributed by atoms with van der Waals surface area (Å²) in [6, 6.07) is 0. The molecule has 1 aliphatic heterocycles. The van der Waals surface area contributed by atoms with Gasteiger partial charge in [-0.2, -0.15) is 0 Å². The molecule has 12 heteroatoms. The summed E-state index contributed by atoms with van der Waals surface area (Å²) in [5.41, 5.74) is 0. The second kappa shape index (κ2) is 47.4. The van der Waals surface area contributed by atoms with Crippen LogP contribution in [0, 0.1) is 0 Å². The second-order valence-electron chi connectivity index (χ2n) is 19.2. The van der Waals surface area contributed by atoms with E-state index in [1.807, 2.05) is 12.2 Å². The fraction of sp³-hybridized carbons (Fsp3) is 0.763. The molecule has 1 aliphatic rings. The van der Waals surface area contributed by atoms with E-state index in [9.17, 15) is 34.5 Å². The van der Waals surface area contributed by atoms with Crippen LogP contribution in [0.5, 0.6) is 0 Å². The van der Waals surface area contributed by atoms with Gasteiger partial charge in [-0.3, -0.25) is 14.4 Å². The van der Waals surface area contributed by atoms with Gasteiger partial charge in [0.15, 0.2) is 24.6 Å². The molecule has 0 spiro atoms. The van der Waals surface area contributed by atoms with Crippen molar-refractivity contribution in [1.82, 2.24) is 0 Å². The second-order valence-corrected chi connectivity index (χ2v) is 19.2. The van der Waals surface area contributed by atoms with Gasteiger partial charge in [0.05, 0.1) is 13.0 Å². The molecule has 1 heterocycles. The van der Waals surface area contributed by atoms with E-state index in [4.69, 9.17) is 23.7 Å². The third kappa shape index (κ3) is 37.8. The van der Waals surface area contributed by atoms with Crippen molar-refractivity contribution in [3.05, 3.63) is 60.8 Å². The molecular formula is C59H100O12. The standard InChI is InChI=1S/C59H100O12/c1-4-7-10-13-16-19-22-24-26-28-31-33-36-39-42-45-51(60)67-48-50(69-52(61)46-43-40-37-34-30-21-18-15-12-9-6-3)49-68-59-57(55(64)54(63)56(71-59)58(65)66)70-53(62)47-44-41-38-35-32-29-27-25-23-20-17-14-11-8-5-2/h8,11,17,20,25,27,32,35,41,44,50,54-57,59,63-64H,4-7,9-10,12-16,18-19,21-24,26,28-31,33-34,36-40,42-43,45-49H2,1-3H3,(H,65,66)/b11-8-,20-17-,27-25-,35-32-,44-41-. The van der Waals surface area contributed by atoms with Crippen LogP contribution >= 0.6 is 0 Å². The van der Waals surface area contributed by atoms with Gasteiger partial charge in [0.25, 0.3) is 0 Å². The molecule has 0 aromatic rings. The van der Waals surface area contributed by atoms with Crippen LogP contribution in [0.2, 0.25) is 0 Å². The summed E-state index contributed by atoms with van der Waals surface area (Å²) in [7, 11) is 0. The van der Waals surface area contributed by atoms with Crippen LogP contribution in [0.4, 0.5) is 0 Å². The first-order valence-electron chi connectivity index (χ1n) is 28.3. The highest BCUT2D eigenvalue weighted by molar-refractivity contribution is 5.74. The minimum atomic E-state index is -1.93. The number of esters is 3. The van der Waals surface area contributed by atoms with Gasteiger partial charge in [0.1, 0.15) is 18.8 Å². The molecule has 12 nitrogen and oxygen atoms in total. The molecule has 6 unspecified atom stereocenters. The summed E-state index contributed by atoms with van der Waals surface area (Å²) in [4.78, 5) is 50.9. The van der Waals surface area contributed by atoms with E-state index >= 15 is 0 Å². The number of aliphatic carboxylic acids is 1. The number of allylic oxidation sites excluding steroid dienone is 9. The first-order chi connectivity index (χ1) is 34.6. The Morgan fingerprint density at radius 1 is 0.479 bits per heavy atom. The molecule has 1 saturated heterocycles. The van der Waals surface area contributed by atoms with E-state index in [1.165, 1.54) is 116 Å². The topological polar surface area (TPSA) is 175 Å². The number of hydrogen-bond donors (Lipinski definition) is 3. The lowest BCUT2D eigenvalue weighted by molar-refractivity contribution is -0.301. The lowest BCUT2D eigenvalue weighted by Gasteiger charge is -2.40. The molecule has 0 saturated carbocycles. The zero-order chi connectivity index (χ0) is 51.8. The van der Waals surface area contributed by atoms with Crippen LogP contribution < -0.4 is 0 Å². The first-order valence-corrected chi connectivity index (χ1v) is 28.3. The average molecular weight is 1000 g/mol. The van der Waals surface area contributed by atoms with Gasteiger partial charge < -0.3 is 39.0 Å². The first kappa shape index (κ1) is 65.4. The normalized spacial score (nSPS) is 18.9. The summed E-state index contributed by atoms with van der Waals surface area (Å²) in [6.45, 7) is 5.83. The van der Waals surface area contributed by atoms with Gasteiger partial charge >= 0.3 is 23.9 Å². The van der Waals surface area contributed by atoms with Crippen molar-refractivity contribution in [3.63, 3.8) is 0 Å². The Balaban J connectivity index is 2.74. The number of carboxylic acids is 1. The lowest BCUT2D eigenvalue weighted by Crippen LogP contribution is -2.61. The van der Waals surface area contributed by atoms with Crippen molar-refractivity contribution in [3.8, 4) is 0 Å². The summed E-state index contributed by atoms with van der Waals surface area (Å²) in [5, 5.41) is 31.4. The van der Waals surface area contributed by atoms with E-state index in [0.29, 0.717) is 19.3 Å². The SMILES string of the molecule is CC/C=C\C/C=C\C/C=C\C/C=C\C/C=C\CC(=O)OC1C(OCC(COC(=O)CCCCCCCCCCCCCCCCC)OC(=O)CCCCCCCCCCCCC)OC(C(=O)O)C(O)C1O. The van der Waals surface area contributed by atoms with Gasteiger partial charge in [0.2, 0.25) is 0 Å². The number of carbonyl (C=O) groups excluding carboxylic acids is 3. The van der Waals surface area contributed by atoms with Crippen molar-refractivity contribution < 1.29 is 58.2 Å². The van der Waals surface area contributed by atoms with Crippen molar-refractivity contribution in [2.75, 3.05) is 13.2 Å². The predicted molar refractivity (Wildman–Crippen MR) is 285 cm³/mol. The van der Waals surface area contributed by atoms with Crippen LogP contribution in [-0.4, -0.2) is 89.2 Å². The highest BCUT2D eigenvalue weighted by atomic mass is 16.7. The molecule has 0 aromatic carbocycles. The molecule has 6 atom stereocenters. The summed E-state index contributed by atoms with van der Waals surface area (Å²) in [6.07, 6.45) is 45.1. The molecule has 0 amide bonds. The Kier molecular flexibility index (Phi) is 43.7. The van der Waals surface area contributed by atoms with Crippen LogP contribution in [0.3, 0.4) is 0 Å². The van der Waals surface area contributed by atoms with Crippen molar-refractivity contribution in [1.29, 1.82) is 0 Å². The number of ether oxygens (including phenoxy) is 5. The molecule has 0 aliphatic carbocycles. The highest BCUT2D eigenvalue weighted by Crippen LogP contribution is 2.26. The maximum Gasteiger partial charge on any atom is 0.335 e. The molecule has 71 heavy (non-hydrogen) atoms. The van der Waals surface area contributed by atoms with E-state index in [2.05, 4.69) is 57.2 Å². The average Bonchev–Trinajstić information content (AvgIpc) is 3.35. The van der Waals surface area contributed by atoms with E-state index < -0.39 is 67.3 Å². The maximum absolute atomic E-state index is 13.1. The third-order valence-electron chi connectivity index (χ3n) is 12.6. The summed E-state index contributed by atoms with van der Waals surface area (Å²) in [5.74, 6) is -3.27. The molecule has 0 aromatic heterocycles. The van der Waals surface area contributed by atoms with E-state index in [1.54, 1.807) is 12.2 Å². The Morgan fingerprint density at radius 3 is 1.30 bits per heavy atom. The predicted octanol–water partition coefficient (Wildman–Crippen LogP) is 14.0. The Hall–Kier alpha value is -3.58. The van der Waals surface area contributed by atoms with E-state index in [0.717, 1.165) is 64.2 Å². The molecule has 408 valence electrons. The smallest absolute Gasteiger partial charge is 0.335 e. The summed E-state index contributed by atoms with van der Waals surface area (Å²) < 4.78 is 28.2. The molecule has 0 bridgehead atoms. The number of carbonyl (C=O) groups is 4. The quantitative estimate of drug-likeness (QED) is 0.0228. The van der Waals surface area contributed by atoms with Gasteiger partial charge in [-0.05, 0) is 44.9 Å². The fourth-order valence-corrected chi connectivity index (χ4v) is 8.33. The van der Waals surface area contributed by atoms with Crippen molar-refractivity contribution in [2.45, 2.75) is 276 Å². The van der Waals surface area contributed by atoms with Crippen LogP contribution in [0.15, 0.2) is 60.8 Å². The van der Waals surface area contributed by atoms with Gasteiger partial charge in [0, 0.05) is 12.8 Å². The zero-order valence-electron chi connectivity index (χ0n) is 44.7. The van der Waals surface area contributed by atoms with Gasteiger partial charge in [-0.25, -0.2) is 4.79 Å². The number of rotatable bonds is 47. The van der Waals surface area contributed by atoms with Crippen LogP contribution in [0.1, 0.15) is 239 Å². The monoisotopic (exact) mass is 1000 g/mol. The highest BCUT2D eigenvalue weighted by Gasteiger charge is 2.50. The Morgan fingerprint density at radius 2 is 0.873 bits per heavy atom. The fourth-order valence-electron chi connectivity index (χ4n) is 8.33. The number of hydrogen-bond acceptors (Lipinski definition) is 11. The summed E-state index contributed by atoms with van der Waals surface area (Å²) >= 11 is 0. The maximum atomic E-state index is 13.1. The van der Waals surface area contributed by atoms with Crippen LogP contribution in [-0.2, 0) is 42.9 Å². The molecule has 1 rings (SSSR count). The largest absolute Gasteiger partial charge is 0.479 e. The minimum absolute atomic E-state index is 0.155. The number of aliphatic hydroxyl groups is 2. The number of carboxylic acid groups (broad SMARTS) is 1. The van der Waals surface area contributed by atoms with Crippen LogP contribution in [0.25, 0.3) is 0 Å². The lowest BCUT2D eigenvalue weighted by atomic mass is 9.98. The minimum Gasteiger partial charge on any atom is -0.479 e. The molecular weight excluding hydrogens is 901 g/mol. The Labute approximate surface area is 430 Å². The zero-order valence-corrected chi connectivity index (χ0v) is 44.7. The molecule has 0 radical (unpaired) electrons.